The van der Waals surface area contributed by atoms with E-state index in [-0.39, 0.29) is 0 Å². The number of aryl methyl sites for hydroxylation is 1. The molecule has 0 fully saturated rings. The number of rotatable bonds is 0. The fourth-order valence-electron chi connectivity index (χ4n) is 2.45. The molecule has 1 unspecified atom stereocenters. The van der Waals surface area contributed by atoms with Crippen LogP contribution in [0.1, 0.15) is 29.8 Å². The van der Waals surface area contributed by atoms with E-state index in [1.807, 2.05) is 6.92 Å². The lowest BCUT2D eigenvalue weighted by Crippen LogP contribution is -2.13. The van der Waals surface area contributed by atoms with Crippen molar-refractivity contribution in [3.05, 3.63) is 17.0 Å². The predicted molar refractivity (Wildman–Crippen MR) is 68.8 cm³/mol. The Morgan fingerprint density at radius 3 is 2.76 bits per heavy atom. The zero-order valence-electron chi connectivity index (χ0n) is 9.69. The van der Waals surface area contributed by atoms with E-state index in [4.69, 9.17) is 11.5 Å². The van der Waals surface area contributed by atoms with E-state index in [1.165, 1.54) is 16.9 Å². The molecule has 0 bridgehead atoms. The van der Waals surface area contributed by atoms with Crippen molar-refractivity contribution in [1.82, 2.24) is 15.0 Å². The lowest BCUT2D eigenvalue weighted by molar-refractivity contribution is 0.718. The predicted octanol–water partition coefficient (Wildman–Crippen LogP) is 1.73. The maximum absolute atomic E-state index is 5.77. The maximum atomic E-state index is 5.77. The lowest BCUT2D eigenvalue weighted by Gasteiger charge is -2.22. The van der Waals surface area contributed by atoms with E-state index in [2.05, 4.69) is 21.9 Å². The average molecular weight is 247 g/mol. The third kappa shape index (κ3) is 1.48. The van der Waals surface area contributed by atoms with Gasteiger partial charge < -0.3 is 11.5 Å². The standard InChI is InChI=1S/C11H13N5S/c1-4-3-6-9(17-11(13)15-6)8-7(4)5(2)14-10(12)16-8/h4H,3H2,1-2H3,(H2,13,15)(H2,12,14,16). The highest BCUT2D eigenvalue weighted by Gasteiger charge is 2.28. The van der Waals surface area contributed by atoms with Crippen molar-refractivity contribution in [2.45, 2.75) is 26.2 Å². The summed E-state index contributed by atoms with van der Waals surface area (Å²) in [6.07, 6.45) is 0.893. The second kappa shape index (κ2) is 3.40. The molecule has 0 aromatic carbocycles. The van der Waals surface area contributed by atoms with E-state index in [1.54, 1.807) is 0 Å². The van der Waals surface area contributed by atoms with Crippen LogP contribution in [0.25, 0.3) is 10.6 Å². The third-order valence-electron chi connectivity index (χ3n) is 3.07. The average Bonchev–Trinajstić information content (AvgIpc) is 2.57. The van der Waals surface area contributed by atoms with Crippen LogP contribution in [0.15, 0.2) is 0 Å². The van der Waals surface area contributed by atoms with Crippen molar-refractivity contribution in [2.75, 3.05) is 11.5 Å². The Hall–Kier alpha value is -1.69. The number of thiazole rings is 1. The number of nitrogen functional groups attached to an aromatic ring is 2. The quantitative estimate of drug-likeness (QED) is 0.739. The molecule has 0 saturated carbocycles. The molecule has 0 saturated heterocycles. The Balaban J connectivity index is 2.33. The van der Waals surface area contributed by atoms with Crippen molar-refractivity contribution in [3.63, 3.8) is 0 Å². The zero-order chi connectivity index (χ0) is 12.2. The number of anilines is 2. The summed E-state index contributed by atoms with van der Waals surface area (Å²) in [7, 11) is 0. The monoisotopic (exact) mass is 247 g/mol. The number of fused-ring (bicyclic) bond motifs is 3. The van der Waals surface area contributed by atoms with Gasteiger partial charge in [-0.3, -0.25) is 0 Å². The van der Waals surface area contributed by atoms with Crippen LogP contribution in [0, 0.1) is 6.92 Å². The van der Waals surface area contributed by atoms with Gasteiger partial charge in [0, 0.05) is 11.3 Å². The van der Waals surface area contributed by atoms with E-state index < -0.39 is 0 Å². The molecule has 1 aliphatic rings. The van der Waals surface area contributed by atoms with Crippen molar-refractivity contribution in [2.24, 2.45) is 0 Å². The Labute approximate surface area is 103 Å². The van der Waals surface area contributed by atoms with E-state index in [0.717, 1.165) is 28.4 Å². The molecule has 2 heterocycles. The molecule has 0 spiro atoms. The molecular formula is C11H13N5S. The summed E-state index contributed by atoms with van der Waals surface area (Å²) in [5.74, 6) is 0.674. The summed E-state index contributed by atoms with van der Waals surface area (Å²) in [5, 5.41) is 0.588. The highest BCUT2D eigenvalue weighted by atomic mass is 32.1. The summed E-state index contributed by atoms with van der Waals surface area (Å²) in [6, 6.07) is 0. The van der Waals surface area contributed by atoms with Gasteiger partial charge in [-0.2, -0.15) is 0 Å². The van der Waals surface area contributed by atoms with Crippen LogP contribution in [-0.4, -0.2) is 15.0 Å². The minimum Gasteiger partial charge on any atom is -0.375 e. The van der Waals surface area contributed by atoms with Crippen LogP contribution in [0.3, 0.4) is 0 Å². The van der Waals surface area contributed by atoms with Gasteiger partial charge in [0.1, 0.15) is 0 Å². The largest absolute Gasteiger partial charge is 0.375 e. The number of nitrogens with zero attached hydrogens (tertiary/aromatic N) is 3. The molecule has 2 aromatic rings. The van der Waals surface area contributed by atoms with Gasteiger partial charge in [0.25, 0.3) is 0 Å². The van der Waals surface area contributed by atoms with Gasteiger partial charge >= 0.3 is 0 Å². The van der Waals surface area contributed by atoms with Crippen molar-refractivity contribution < 1.29 is 0 Å². The summed E-state index contributed by atoms with van der Waals surface area (Å²) < 4.78 is 0. The number of hydrogen-bond donors (Lipinski definition) is 2. The van der Waals surface area contributed by atoms with E-state index in [0.29, 0.717) is 17.0 Å². The fourth-order valence-corrected chi connectivity index (χ4v) is 3.32. The molecule has 0 radical (unpaired) electrons. The molecule has 1 atom stereocenters. The lowest BCUT2D eigenvalue weighted by atomic mass is 9.87. The molecular weight excluding hydrogens is 234 g/mol. The van der Waals surface area contributed by atoms with Crippen molar-refractivity contribution in [1.29, 1.82) is 0 Å². The number of hydrogen-bond acceptors (Lipinski definition) is 6. The summed E-state index contributed by atoms with van der Waals surface area (Å²) in [6.45, 7) is 4.13. The van der Waals surface area contributed by atoms with Crippen LogP contribution in [0.2, 0.25) is 0 Å². The second-order valence-corrected chi connectivity index (χ2v) is 5.39. The second-order valence-electron chi connectivity index (χ2n) is 4.36. The molecule has 0 amide bonds. The van der Waals surface area contributed by atoms with Gasteiger partial charge in [0.15, 0.2) is 5.13 Å². The first kappa shape index (κ1) is 10.5. The third-order valence-corrected chi connectivity index (χ3v) is 4.01. The molecule has 5 nitrogen and oxygen atoms in total. The summed E-state index contributed by atoms with van der Waals surface area (Å²) in [4.78, 5) is 14.0. The minimum absolute atomic E-state index is 0.313. The van der Waals surface area contributed by atoms with Crippen LogP contribution >= 0.6 is 11.3 Å². The normalized spacial score (nSPS) is 17.6. The molecule has 2 aromatic heterocycles. The maximum Gasteiger partial charge on any atom is 0.220 e. The zero-order valence-corrected chi connectivity index (χ0v) is 10.5. The molecule has 0 aliphatic heterocycles. The molecule has 88 valence electrons. The number of aromatic nitrogens is 3. The van der Waals surface area contributed by atoms with Gasteiger partial charge in [-0.25, -0.2) is 15.0 Å². The molecule has 4 N–H and O–H groups in total. The SMILES string of the molecule is Cc1nc(N)nc2c1C(C)Cc1nc(N)sc1-2. The molecule has 1 aliphatic carbocycles. The van der Waals surface area contributed by atoms with Crippen LogP contribution in [0.4, 0.5) is 11.1 Å². The highest BCUT2D eigenvalue weighted by molar-refractivity contribution is 7.18. The molecule has 17 heavy (non-hydrogen) atoms. The van der Waals surface area contributed by atoms with Gasteiger partial charge in [-0.15, -0.1) is 0 Å². The first-order valence-electron chi connectivity index (χ1n) is 5.46. The van der Waals surface area contributed by atoms with Crippen LogP contribution in [-0.2, 0) is 6.42 Å². The smallest absolute Gasteiger partial charge is 0.220 e. The van der Waals surface area contributed by atoms with Crippen molar-refractivity contribution >= 4 is 22.4 Å². The van der Waals surface area contributed by atoms with Crippen molar-refractivity contribution in [3.8, 4) is 10.6 Å². The first-order valence-corrected chi connectivity index (χ1v) is 6.27. The Bertz CT molecular complexity index is 604. The van der Waals surface area contributed by atoms with Gasteiger partial charge in [0.05, 0.1) is 16.3 Å². The van der Waals surface area contributed by atoms with Crippen LogP contribution in [0.5, 0.6) is 0 Å². The Morgan fingerprint density at radius 2 is 2.00 bits per heavy atom. The Kier molecular flexibility index (Phi) is 2.09. The summed E-state index contributed by atoms with van der Waals surface area (Å²) in [5.41, 5.74) is 15.6. The van der Waals surface area contributed by atoms with Gasteiger partial charge in [-0.1, -0.05) is 18.3 Å². The minimum atomic E-state index is 0.313. The van der Waals surface area contributed by atoms with Gasteiger partial charge in [-0.05, 0) is 19.3 Å². The molecule has 3 rings (SSSR count). The number of nitrogens with two attached hydrogens (primary N) is 2. The summed E-state index contributed by atoms with van der Waals surface area (Å²) >= 11 is 1.47. The van der Waals surface area contributed by atoms with E-state index in [9.17, 15) is 0 Å². The Morgan fingerprint density at radius 1 is 1.24 bits per heavy atom. The first-order chi connectivity index (χ1) is 8.06. The molecule has 6 heteroatoms. The van der Waals surface area contributed by atoms with Crippen LogP contribution < -0.4 is 11.5 Å². The highest BCUT2D eigenvalue weighted by Crippen LogP contribution is 2.43. The topological polar surface area (TPSA) is 90.7 Å². The fraction of sp³-hybridized carbons (Fsp3) is 0.364. The van der Waals surface area contributed by atoms with Gasteiger partial charge in [0.2, 0.25) is 5.95 Å². The van der Waals surface area contributed by atoms with E-state index >= 15 is 0 Å².